The molecule has 0 bridgehead atoms. The van der Waals surface area contributed by atoms with Crippen LogP contribution in [0.25, 0.3) is 27.5 Å². The number of nitrogens with one attached hydrogen (secondary N) is 1. The Hall–Kier alpha value is -10.7. The Morgan fingerprint density at radius 2 is 1.02 bits per heavy atom. The summed E-state index contributed by atoms with van der Waals surface area (Å²) < 4.78 is 9.66. The summed E-state index contributed by atoms with van der Waals surface area (Å²) >= 11 is 1.97. The first kappa shape index (κ1) is 50.8. The molecule has 0 fully saturated rings. The van der Waals surface area contributed by atoms with Crippen LogP contribution in [-0.2, 0) is 0 Å². The lowest BCUT2D eigenvalue weighted by molar-refractivity contribution is 0.485. The van der Waals surface area contributed by atoms with Crippen molar-refractivity contribution in [3.05, 3.63) is 338 Å². The molecule has 13 aromatic rings. The highest BCUT2D eigenvalue weighted by molar-refractivity contribution is 8.00. The number of thioether (sulfide) groups is 1. The number of anilines is 10. The molecule has 1 aliphatic carbocycles. The summed E-state index contributed by atoms with van der Waals surface area (Å²) in [5.74, 6) is 1.66. The van der Waals surface area contributed by atoms with Gasteiger partial charge in [-0.25, -0.2) is 0 Å². The lowest BCUT2D eigenvalue weighted by atomic mass is 9.31. The molecule has 0 saturated heterocycles. The van der Waals surface area contributed by atoms with Gasteiger partial charge in [0.15, 0.2) is 0 Å². The summed E-state index contributed by atoms with van der Waals surface area (Å²) in [5.41, 5.74) is 21.5. The van der Waals surface area contributed by atoms with Crippen molar-refractivity contribution in [3.8, 4) is 17.2 Å². The van der Waals surface area contributed by atoms with Crippen molar-refractivity contribution < 1.29 is 4.74 Å². The maximum absolute atomic E-state index is 7.17. The molecule has 3 atom stereocenters. The minimum atomic E-state index is -0.195. The highest BCUT2D eigenvalue weighted by Gasteiger charge is 2.50. The standard InChI is InChI=1S/C79H56BN5OS/c1-7-26-53(27-8-1)81-68-42-22-19-39-63(68)77-64-47-46-59(82(54-28-9-2-10-29-54)55-30-11-3-12-31-55)48-71(64)85(70-44-25-40-62-61-38-20-23-43-69(61)84(79(62)70)58-36-17-6-18-37-58)72-52-75-67(51-65(72)77)80-66-41-21-24-45-73(66)86-74-49-60(50-76(87-75)78(74)80)83(56-32-13-4-14-33-56)57-34-15-5-16-35-57/h1-52,67,75,77,81H. The van der Waals surface area contributed by atoms with Crippen molar-refractivity contribution >= 4 is 108 Å². The molecule has 6 nitrogen and oxygen atoms in total. The van der Waals surface area contributed by atoms with Gasteiger partial charge in [0, 0.05) is 84.1 Å². The van der Waals surface area contributed by atoms with Crippen molar-refractivity contribution in [2.75, 3.05) is 20.0 Å². The number of ether oxygens (including phenoxy) is 1. The van der Waals surface area contributed by atoms with Gasteiger partial charge in [0.2, 0.25) is 6.71 Å². The van der Waals surface area contributed by atoms with E-state index in [1.54, 1.807) is 0 Å². The average Bonchev–Trinajstić information content (AvgIpc) is 1.56. The van der Waals surface area contributed by atoms with Crippen LogP contribution in [0.1, 0.15) is 17.0 Å². The number of para-hydroxylation sites is 10. The van der Waals surface area contributed by atoms with E-state index in [0.717, 1.165) is 85.1 Å². The molecule has 3 aliphatic heterocycles. The van der Waals surface area contributed by atoms with Crippen LogP contribution in [0.15, 0.2) is 332 Å². The molecule has 1 N–H and O–H groups in total. The lowest BCUT2D eigenvalue weighted by Crippen LogP contribution is -2.55. The molecule has 3 unspecified atom stereocenters. The van der Waals surface area contributed by atoms with Gasteiger partial charge in [-0.2, -0.15) is 0 Å². The van der Waals surface area contributed by atoms with Gasteiger partial charge >= 0.3 is 0 Å². The van der Waals surface area contributed by atoms with Crippen LogP contribution in [0.3, 0.4) is 0 Å². The zero-order chi connectivity index (χ0) is 57.4. The predicted molar refractivity (Wildman–Crippen MR) is 364 cm³/mol. The number of benzene rings is 12. The second-order valence-electron chi connectivity index (χ2n) is 22.8. The van der Waals surface area contributed by atoms with Gasteiger partial charge in [-0.3, -0.25) is 0 Å². The number of hydrogen-bond acceptors (Lipinski definition) is 6. The molecule has 17 rings (SSSR count). The van der Waals surface area contributed by atoms with E-state index >= 15 is 0 Å². The van der Waals surface area contributed by atoms with Gasteiger partial charge in [-0.15, -0.1) is 11.8 Å². The molecule has 87 heavy (non-hydrogen) atoms. The largest absolute Gasteiger partial charge is 0.458 e. The quantitative estimate of drug-likeness (QED) is 0.130. The van der Waals surface area contributed by atoms with E-state index in [0.29, 0.717) is 0 Å². The van der Waals surface area contributed by atoms with E-state index in [-0.39, 0.29) is 23.7 Å². The van der Waals surface area contributed by atoms with E-state index < -0.39 is 0 Å². The SMILES string of the molecule is C1=C2C(=CC3Sc4cc(N(c5ccccc5)c5ccccc5)cc5c4B(c4ccccc4O5)C13)N(c1cccc3c4ccccc4n(-c4ccccc4)c13)c1cc(N(c3ccccc3)c3ccccc3)ccc1C2c1ccccc1Nc1ccccc1. The summed E-state index contributed by atoms with van der Waals surface area (Å²) in [6.07, 6.45) is 5.35. The first-order chi connectivity index (χ1) is 43.2. The fourth-order valence-electron chi connectivity index (χ4n) is 14.2. The van der Waals surface area contributed by atoms with Crippen LogP contribution >= 0.6 is 11.8 Å². The molecule has 4 aliphatic rings. The Balaban J connectivity index is 0.956. The van der Waals surface area contributed by atoms with E-state index in [1.807, 2.05) is 11.8 Å². The normalized spacial score (nSPS) is 16.1. The second-order valence-corrected chi connectivity index (χ2v) is 24.0. The van der Waals surface area contributed by atoms with Crippen LogP contribution in [-0.4, -0.2) is 16.5 Å². The third-order valence-corrected chi connectivity index (χ3v) is 19.2. The van der Waals surface area contributed by atoms with Crippen molar-refractivity contribution in [1.82, 2.24) is 4.57 Å². The molecule has 1 aromatic heterocycles. The van der Waals surface area contributed by atoms with Crippen LogP contribution in [0, 0.1) is 0 Å². The van der Waals surface area contributed by atoms with Gasteiger partial charge in [-0.05, 0) is 155 Å². The predicted octanol–water partition coefficient (Wildman–Crippen LogP) is 19.8. The molecular formula is C79H56BN5OS. The van der Waals surface area contributed by atoms with E-state index in [9.17, 15) is 0 Å². The molecule has 8 heteroatoms. The summed E-state index contributed by atoms with van der Waals surface area (Å²) in [4.78, 5) is 8.63. The van der Waals surface area contributed by atoms with Crippen LogP contribution in [0.2, 0.25) is 5.82 Å². The Bertz CT molecular complexity index is 4750. The maximum atomic E-state index is 7.17. The Morgan fingerprint density at radius 1 is 0.437 bits per heavy atom. The highest BCUT2D eigenvalue weighted by atomic mass is 32.2. The van der Waals surface area contributed by atoms with Crippen molar-refractivity contribution in [2.45, 2.75) is 21.9 Å². The van der Waals surface area contributed by atoms with Crippen LogP contribution in [0.4, 0.5) is 56.9 Å². The molecule has 0 saturated carbocycles. The van der Waals surface area contributed by atoms with Crippen molar-refractivity contribution in [3.63, 3.8) is 0 Å². The smallest absolute Gasteiger partial charge is 0.228 e. The molecule has 412 valence electrons. The number of fused-ring (bicyclic) bond motifs is 9. The first-order valence-corrected chi connectivity index (χ1v) is 30.8. The van der Waals surface area contributed by atoms with Crippen molar-refractivity contribution in [2.24, 2.45) is 0 Å². The van der Waals surface area contributed by atoms with Gasteiger partial charge in [0.25, 0.3) is 0 Å². The van der Waals surface area contributed by atoms with E-state index in [4.69, 9.17) is 4.74 Å². The molecule has 0 spiro atoms. The molecule has 0 amide bonds. The topological polar surface area (TPSA) is 35.9 Å². The number of rotatable bonds is 11. The Labute approximate surface area is 511 Å². The molecule has 4 heterocycles. The van der Waals surface area contributed by atoms with Crippen molar-refractivity contribution in [1.29, 1.82) is 0 Å². The molecular weight excluding hydrogens is 1080 g/mol. The fraction of sp³-hybridized carbons (Fsp3) is 0.0380. The van der Waals surface area contributed by atoms with Gasteiger partial charge < -0.3 is 29.3 Å². The van der Waals surface area contributed by atoms with E-state index in [1.165, 1.54) is 49.0 Å². The monoisotopic (exact) mass is 1130 g/mol. The lowest BCUT2D eigenvalue weighted by Gasteiger charge is -2.47. The number of allylic oxidation sites excluding steroid dienone is 2. The van der Waals surface area contributed by atoms with Crippen LogP contribution in [0.5, 0.6) is 11.5 Å². The fourth-order valence-corrected chi connectivity index (χ4v) is 15.6. The Morgan fingerprint density at radius 3 is 1.72 bits per heavy atom. The average molecular weight is 1130 g/mol. The maximum Gasteiger partial charge on any atom is 0.228 e. The van der Waals surface area contributed by atoms with E-state index in [2.05, 4.69) is 340 Å². The van der Waals surface area contributed by atoms with Gasteiger partial charge in [-0.1, -0.05) is 188 Å². The minimum Gasteiger partial charge on any atom is -0.458 e. The summed E-state index contributed by atoms with van der Waals surface area (Å²) in [6, 6.07) is 110. The minimum absolute atomic E-state index is 0.00245. The molecule has 12 aromatic carbocycles. The zero-order valence-corrected chi connectivity index (χ0v) is 48.3. The zero-order valence-electron chi connectivity index (χ0n) is 47.4. The number of nitrogens with zero attached hydrogens (tertiary/aromatic N) is 4. The van der Waals surface area contributed by atoms with Gasteiger partial charge in [0.05, 0.1) is 28.1 Å². The van der Waals surface area contributed by atoms with Gasteiger partial charge in [0.1, 0.15) is 11.5 Å². The summed E-state index contributed by atoms with van der Waals surface area (Å²) in [6.45, 7) is -0.00245. The summed E-state index contributed by atoms with van der Waals surface area (Å²) in [5, 5.41) is 6.35. The Kier molecular flexibility index (Phi) is 12.3. The molecule has 0 radical (unpaired) electrons. The summed E-state index contributed by atoms with van der Waals surface area (Å²) in [7, 11) is 0. The first-order valence-electron chi connectivity index (χ1n) is 30.0. The number of aromatic nitrogens is 1. The van der Waals surface area contributed by atoms with Crippen LogP contribution < -0.4 is 35.7 Å². The third-order valence-electron chi connectivity index (χ3n) is 17.8. The second kappa shape index (κ2) is 21.1. The third kappa shape index (κ3) is 8.58. The number of hydrogen-bond donors (Lipinski definition) is 1. The highest BCUT2D eigenvalue weighted by Crippen LogP contribution is 2.59.